The van der Waals surface area contributed by atoms with Crippen LogP contribution in [0.5, 0.6) is 0 Å². The van der Waals surface area contributed by atoms with E-state index in [1.54, 1.807) is 32.2 Å². The molecule has 18 heavy (non-hydrogen) atoms. The Labute approximate surface area is 106 Å². The van der Waals surface area contributed by atoms with Crippen LogP contribution in [0.25, 0.3) is 0 Å². The van der Waals surface area contributed by atoms with Gasteiger partial charge in [-0.05, 0) is 18.6 Å². The number of rotatable bonds is 6. The molecule has 0 aliphatic heterocycles. The van der Waals surface area contributed by atoms with E-state index < -0.39 is 5.97 Å². The summed E-state index contributed by atoms with van der Waals surface area (Å²) in [5, 5.41) is 8.76. The van der Waals surface area contributed by atoms with E-state index >= 15 is 0 Å². The van der Waals surface area contributed by atoms with Gasteiger partial charge < -0.3 is 14.7 Å². The second-order valence-electron chi connectivity index (χ2n) is 3.80. The second-order valence-corrected chi connectivity index (χ2v) is 3.80. The molecule has 1 rings (SSSR count). The molecule has 0 spiro atoms. The fourth-order valence-corrected chi connectivity index (χ4v) is 1.67. The highest BCUT2D eigenvalue weighted by Crippen LogP contribution is 2.12. The third-order valence-electron chi connectivity index (χ3n) is 2.54. The van der Waals surface area contributed by atoms with Crippen molar-refractivity contribution in [2.24, 2.45) is 0 Å². The van der Waals surface area contributed by atoms with Gasteiger partial charge in [-0.15, -0.1) is 0 Å². The highest BCUT2D eigenvalue weighted by atomic mass is 16.5. The summed E-state index contributed by atoms with van der Waals surface area (Å²) in [5.74, 6) is -1.30. The minimum absolute atomic E-state index is 0.285. The van der Waals surface area contributed by atoms with E-state index in [4.69, 9.17) is 9.84 Å². The van der Waals surface area contributed by atoms with Crippen molar-refractivity contribution in [1.29, 1.82) is 0 Å². The maximum atomic E-state index is 12.2. The Morgan fingerprint density at radius 1 is 1.33 bits per heavy atom. The highest BCUT2D eigenvalue weighted by molar-refractivity contribution is 5.97. The molecule has 98 valence electrons. The van der Waals surface area contributed by atoms with Gasteiger partial charge in [0, 0.05) is 19.2 Å². The molecule has 0 saturated heterocycles. The van der Waals surface area contributed by atoms with Crippen molar-refractivity contribution in [1.82, 2.24) is 4.90 Å². The molecule has 0 aliphatic rings. The lowest BCUT2D eigenvalue weighted by molar-refractivity contribution is -0.137. The van der Waals surface area contributed by atoms with Gasteiger partial charge in [0.2, 0.25) is 0 Å². The van der Waals surface area contributed by atoms with Crippen LogP contribution in [0.1, 0.15) is 22.8 Å². The van der Waals surface area contributed by atoms with Gasteiger partial charge in [-0.2, -0.15) is 0 Å². The van der Waals surface area contributed by atoms with Gasteiger partial charge in [-0.3, -0.25) is 9.59 Å². The molecule has 0 bridgehead atoms. The number of hydrogen-bond donors (Lipinski definition) is 1. The van der Waals surface area contributed by atoms with Crippen LogP contribution in [-0.2, 0) is 16.1 Å². The average Bonchev–Trinajstić information content (AvgIpc) is 2.36. The lowest BCUT2D eigenvalue weighted by Crippen LogP contribution is -2.36. The smallest absolute Gasteiger partial charge is 0.323 e. The Bertz CT molecular complexity index is 431. The SMILES string of the molecule is CCN(CC(=O)O)C(=O)c1ccccc1COC. The Balaban J connectivity index is 2.97. The number of hydrogen-bond acceptors (Lipinski definition) is 3. The van der Waals surface area contributed by atoms with E-state index in [1.807, 2.05) is 6.07 Å². The van der Waals surface area contributed by atoms with Crippen LogP contribution in [-0.4, -0.2) is 42.1 Å². The van der Waals surface area contributed by atoms with Crippen molar-refractivity contribution < 1.29 is 19.4 Å². The molecule has 1 amide bonds. The molecule has 5 heteroatoms. The number of ether oxygens (including phenoxy) is 1. The van der Waals surface area contributed by atoms with E-state index in [1.165, 1.54) is 4.90 Å². The van der Waals surface area contributed by atoms with Gasteiger partial charge in [-0.1, -0.05) is 18.2 Å². The molecule has 1 aromatic carbocycles. The zero-order valence-corrected chi connectivity index (χ0v) is 10.5. The van der Waals surface area contributed by atoms with Gasteiger partial charge in [-0.25, -0.2) is 0 Å². The second kappa shape index (κ2) is 6.76. The number of nitrogens with zero attached hydrogens (tertiary/aromatic N) is 1. The molecule has 0 atom stereocenters. The molecule has 5 nitrogen and oxygen atoms in total. The third-order valence-corrected chi connectivity index (χ3v) is 2.54. The molecule has 1 aromatic rings. The van der Waals surface area contributed by atoms with Crippen molar-refractivity contribution in [3.8, 4) is 0 Å². The minimum atomic E-state index is -1.02. The number of carbonyl (C=O) groups excluding carboxylic acids is 1. The first kappa shape index (κ1) is 14.2. The average molecular weight is 251 g/mol. The van der Waals surface area contributed by atoms with Gasteiger partial charge in [0.15, 0.2) is 0 Å². The normalized spacial score (nSPS) is 10.1. The molecule has 0 radical (unpaired) electrons. The number of carbonyl (C=O) groups is 2. The van der Waals surface area contributed by atoms with Gasteiger partial charge in [0.1, 0.15) is 6.54 Å². The number of benzene rings is 1. The molecule has 0 heterocycles. The van der Waals surface area contributed by atoms with Gasteiger partial charge in [0.25, 0.3) is 5.91 Å². The summed E-state index contributed by atoms with van der Waals surface area (Å²) in [5.41, 5.74) is 1.25. The van der Waals surface area contributed by atoms with Crippen molar-refractivity contribution in [2.75, 3.05) is 20.2 Å². The molecular weight excluding hydrogens is 234 g/mol. The molecule has 0 saturated carbocycles. The van der Waals surface area contributed by atoms with Crippen LogP contribution in [0.15, 0.2) is 24.3 Å². The monoisotopic (exact) mass is 251 g/mol. The van der Waals surface area contributed by atoms with Crippen molar-refractivity contribution in [3.63, 3.8) is 0 Å². The summed E-state index contributed by atoms with van der Waals surface area (Å²) in [4.78, 5) is 24.2. The Morgan fingerprint density at radius 2 is 2.00 bits per heavy atom. The summed E-state index contributed by atoms with van der Waals surface area (Å²) in [6.45, 7) is 2.13. The fourth-order valence-electron chi connectivity index (χ4n) is 1.67. The number of likely N-dealkylation sites (N-methyl/N-ethyl adjacent to an activating group) is 1. The molecule has 0 aromatic heterocycles. The Kier molecular flexibility index (Phi) is 5.32. The van der Waals surface area contributed by atoms with Crippen LogP contribution >= 0.6 is 0 Å². The third kappa shape index (κ3) is 3.56. The number of carboxylic acids is 1. The standard InChI is InChI=1S/C13H17NO4/c1-3-14(8-12(15)16)13(17)11-7-5-4-6-10(11)9-18-2/h4-7H,3,8-9H2,1-2H3,(H,15,16). The first-order valence-electron chi connectivity index (χ1n) is 5.68. The summed E-state index contributed by atoms with van der Waals surface area (Å²) < 4.78 is 5.03. The number of methoxy groups -OCH3 is 1. The fraction of sp³-hybridized carbons (Fsp3) is 0.385. The Morgan fingerprint density at radius 3 is 2.56 bits per heavy atom. The molecule has 0 aliphatic carbocycles. The van der Waals surface area contributed by atoms with Crippen LogP contribution < -0.4 is 0 Å². The lowest BCUT2D eigenvalue weighted by atomic mass is 10.1. The molecule has 1 N–H and O–H groups in total. The first-order chi connectivity index (χ1) is 8.60. The molecule has 0 fully saturated rings. The molecular formula is C13H17NO4. The summed E-state index contributed by atoms with van der Waals surface area (Å²) in [7, 11) is 1.55. The first-order valence-corrected chi connectivity index (χ1v) is 5.68. The molecule has 0 unspecified atom stereocenters. The van der Waals surface area contributed by atoms with E-state index in [0.29, 0.717) is 18.7 Å². The lowest BCUT2D eigenvalue weighted by Gasteiger charge is -2.20. The summed E-state index contributed by atoms with van der Waals surface area (Å²) in [6, 6.07) is 7.05. The predicted octanol–water partition coefficient (Wildman–Crippen LogP) is 1.38. The van der Waals surface area contributed by atoms with Crippen LogP contribution in [0, 0.1) is 0 Å². The van der Waals surface area contributed by atoms with Crippen LogP contribution in [0.3, 0.4) is 0 Å². The highest BCUT2D eigenvalue weighted by Gasteiger charge is 2.19. The van der Waals surface area contributed by atoms with E-state index in [9.17, 15) is 9.59 Å². The summed E-state index contributed by atoms with van der Waals surface area (Å²) in [6.07, 6.45) is 0. The van der Waals surface area contributed by atoms with Gasteiger partial charge in [0.05, 0.1) is 6.61 Å². The van der Waals surface area contributed by atoms with E-state index in [-0.39, 0.29) is 12.5 Å². The zero-order valence-electron chi connectivity index (χ0n) is 10.5. The number of aliphatic carboxylic acids is 1. The van der Waals surface area contributed by atoms with Crippen molar-refractivity contribution in [2.45, 2.75) is 13.5 Å². The predicted molar refractivity (Wildman–Crippen MR) is 66.4 cm³/mol. The zero-order chi connectivity index (χ0) is 13.5. The van der Waals surface area contributed by atoms with E-state index in [2.05, 4.69) is 0 Å². The van der Waals surface area contributed by atoms with Gasteiger partial charge >= 0.3 is 5.97 Å². The van der Waals surface area contributed by atoms with Crippen LogP contribution in [0.4, 0.5) is 0 Å². The number of amides is 1. The topological polar surface area (TPSA) is 66.8 Å². The Hall–Kier alpha value is -1.88. The minimum Gasteiger partial charge on any atom is -0.480 e. The largest absolute Gasteiger partial charge is 0.480 e. The summed E-state index contributed by atoms with van der Waals surface area (Å²) >= 11 is 0. The maximum Gasteiger partial charge on any atom is 0.323 e. The quantitative estimate of drug-likeness (QED) is 0.829. The van der Waals surface area contributed by atoms with Crippen molar-refractivity contribution >= 4 is 11.9 Å². The van der Waals surface area contributed by atoms with Crippen molar-refractivity contribution in [3.05, 3.63) is 35.4 Å². The van der Waals surface area contributed by atoms with Crippen LogP contribution in [0.2, 0.25) is 0 Å². The van der Waals surface area contributed by atoms with E-state index in [0.717, 1.165) is 5.56 Å². The maximum absolute atomic E-state index is 12.2. The number of carboxylic acid groups (broad SMARTS) is 1.